The maximum atomic E-state index is 13.5. The van der Waals surface area contributed by atoms with Crippen LogP contribution in [0, 0.1) is 19.7 Å². The highest BCUT2D eigenvalue weighted by atomic mass is 19.1. The molecule has 2 aromatic rings. The summed E-state index contributed by atoms with van der Waals surface area (Å²) in [7, 11) is 0. The molecule has 0 unspecified atom stereocenters. The van der Waals surface area contributed by atoms with Crippen molar-refractivity contribution in [2.24, 2.45) is 0 Å². The molecule has 2 rings (SSSR count). The number of aromatic nitrogens is 3. The van der Waals surface area contributed by atoms with Crippen LogP contribution in [-0.2, 0) is 0 Å². The quantitative estimate of drug-likeness (QED) is 0.750. The fraction of sp³-hybridized carbons (Fsp3) is 0.200. The molecule has 72 valence electrons. The summed E-state index contributed by atoms with van der Waals surface area (Å²) >= 11 is 0. The molecule has 0 aromatic carbocycles. The van der Waals surface area contributed by atoms with Crippen molar-refractivity contribution in [3.8, 4) is 11.3 Å². The van der Waals surface area contributed by atoms with E-state index in [0.29, 0.717) is 11.4 Å². The highest BCUT2D eigenvalue weighted by molar-refractivity contribution is 5.59. The van der Waals surface area contributed by atoms with Gasteiger partial charge in [-0.3, -0.25) is 10.1 Å². The van der Waals surface area contributed by atoms with Gasteiger partial charge in [-0.2, -0.15) is 5.10 Å². The number of aromatic amines is 1. The Morgan fingerprint density at radius 2 is 2.14 bits per heavy atom. The number of pyridine rings is 1. The zero-order chi connectivity index (χ0) is 10.1. The molecule has 4 heteroatoms. The first-order valence-corrected chi connectivity index (χ1v) is 4.32. The Kier molecular flexibility index (Phi) is 2.04. The Hall–Kier alpha value is -1.71. The van der Waals surface area contributed by atoms with E-state index in [0.717, 1.165) is 11.3 Å². The molecule has 0 fully saturated rings. The molecule has 0 aliphatic rings. The zero-order valence-corrected chi connectivity index (χ0v) is 8.00. The van der Waals surface area contributed by atoms with Gasteiger partial charge in [0.2, 0.25) is 0 Å². The second kappa shape index (κ2) is 3.21. The van der Waals surface area contributed by atoms with E-state index in [2.05, 4.69) is 15.2 Å². The van der Waals surface area contributed by atoms with Crippen molar-refractivity contribution >= 4 is 0 Å². The molecule has 1 N–H and O–H groups in total. The second-order valence-corrected chi connectivity index (χ2v) is 3.20. The molecule has 0 atom stereocenters. The number of halogens is 1. The van der Waals surface area contributed by atoms with Crippen molar-refractivity contribution in [3.05, 3.63) is 35.5 Å². The van der Waals surface area contributed by atoms with Crippen molar-refractivity contribution in [2.75, 3.05) is 0 Å². The lowest BCUT2D eigenvalue weighted by atomic mass is 10.1. The molecule has 2 heterocycles. The Morgan fingerprint density at radius 3 is 2.71 bits per heavy atom. The lowest BCUT2D eigenvalue weighted by Gasteiger charge is -1.97. The van der Waals surface area contributed by atoms with Crippen molar-refractivity contribution in [3.63, 3.8) is 0 Å². The minimum absolute atomic E-state index is 0.296. The van der Waals surface area contributed by atoms with Gasteiger partial charge in [-0.25, -0.2) is 4.39 Å². The van der Waals surface area contributed by atoms with Gasteiger partial charge in [0.25, 0.3) is 0 Å². The van der Waals surface area contributed by atoms with Crippen molar-refractivity contribution in [1.29, 1.82) is 0 Å². The van der Waals surface area contributed by atoms with Crippen LogP contribution in [0.15, 0.2) is 18.3 Å². The summed E-state index contributed by atoms with van der Waals surface area (Å²) in [5.74, 6) is -0.296. The van der Waals surface area contributed by atoms with Gasteiger partial charge in [-0.1, -0.05) is 0 Å². The van der Waals surface area contributed by atoms with Crippen LogP contribution in [0.3, 0.4) is 0 Å². The van der Waals surface area contributed by atoms with E-state index in [1.54, 1.807) is 25.3 Å². The predicted octanol–water partition coefficient (Wildman–Crippen LogP) is 2.23. The van der Waals surface area contributed by atoms with Crippen LogP contribution in [0.5, 0.6) is 0 Å². The van der Waals surface area contributed by atoms with Gasteiger partial charge >= 0.3 is 0 Å². The Bertz CT molecular complexity index is 462. The summed E-state index contributed by atoms with van der Waals surface area (Å²) in [6.45, 7) is 3.51. The maximum absolute atomic E-state index is 13.5. The zero-order valence-electron chi connectivity index (χ0n) is 8.00. The van der Waals surface area contributed by atoms with E-state index in [1.807, 2.05) is 6.92 Å². The Balaban J connectivity index is 2.55. The highest BCUT2D eigenvalue weighted by Crippen LogP contribution is 2.21. The minimum Gasteiger partial charge on any atom is -0.279 e. The minimum atomic E-state index is -0.296. The fourth-order valence-corrected chi connectivity index (χ4v) is 1.30. The standard InChI is InChI=1S/C10H10FN3/c1-6-5-8(3-4-12-6)10-9(11)7(2)13-14-10/h3-5H,1-2H3,(H,13,14). The molecular weight excluding hydrogens is 181 g/mol. The summed E-state index contributed by atoms with van der Waals surface area (Å²) < 4.78 is 13.5. The summed E-state index contributed by atoms with van der Waals surface area (Å²) in [4.78, 5) is 4.04. The van der Waals surface area contributed by atoms with Crippen molar-refractivity contribution < 1.29 is 4.39 Å². The SMILES string of the molecule is Cc1cc(-c2n[nH]c(C)c2F)ccn1. The number of hydrogen-bond acceptors (Lipinski definition) is 2. The molecular formula is C10H10FN3. The number of rotatable bonds is 1. The van der Waals surface area contributed by atoms with E-state index >= 15 is 0 Å². The lowest BCUT2D eigenvalue weighted by molar-refractivity contribution is 0.622. The monoisotopic (exact) mass is 191 g/mol. The number of nitrogens with zero attached hydrogens (tertiary/aromatic N) is 2. The molecule has 0 aliphatic heterocycles. The highest BCUT2D eigenvalue weighted by Gasteiger charge is 2.11. The average molecular weight is 191 g/mol. The van der Waals surface area contributed by atoms with Gasteiger partial charge < -0.3 is 0 Å². The molecule has 0 saturated heterocycles. The van der Waals surface area contributed by atoms with Gasteiger partial charge in [0, 0.05) is 17.5 Å². The first-order valence-electron chi connectivity index (χ1n) is 4.32. The fourth-order valence-electron chi connectivity index (χ4n) is 1.30. The molecule has 3 nitrogen and oxygen atoms in total. The van der Waals surface area contributed by atoms with Crippen molar-refractivity contribution in [2.45, 2.75) is 13.8 Å². The smallest absolute Gasteiger partial charge is 0.171 e. The van der Waals surface area contributed by atoms with Crippen LogP contribution in [0.25, 0.3) is 11.3 Å². The maximum Gasteiger partial charge on any atom is 0.171 e. The van der Waals surface area contributed by atoms with Crippen LogP contribution in [-0.4, -0.2) is 15.2 Å². The summed E-state index contributed by atoms with van der Waals surface area (Å²) in [6.07, 6.45) is 1.65. The summed E-state index contributed by atoms with van der Waals surface area (Å²) in [5, 5.41) is 6.51. The third-order valence-corrected chi connectivity index (χ3v) is 2.04. The first-order chi connectivity index (χ1) is 6.68. The average Bonchev–Trinajstić information content (AvgIpc) is 2.48. The van der Waals surface area contributed by atoms with Crippen LogP contribution in [0.1, 0.15) is 11.4 Å². The third kappa shape index (κ3) is 1.39. The van der Waals surface area contributed by atoms with Crippen LogP contribution >= 0.6 is 0 Å². The largest absolute Gasteiger partial charge is 0.279 e. The molecule has 2 aromatic heterocycles. The molecule has 14 heavy (non-hydrogen) atoms. The molecule has 0 aliphatic carbocycles. The Labute approximate surface area is 81.0 Å². The number of aryl methyl sites for hydroxylation is 2. The molecule has 0 bridgehead atoms. The van der Waals surface area contributed by atoms with E-state index in [1.165, 1.54) is 0 Å². The third-order valence-electron chi connectivity index (χ3n) is 2.04. The van der Waals surface area contributed by atoms with E-state index in [9.17, 15) is 4.39 Å². The van der Waals surface area contributed by atoms with E-state index < -0.39 is 0 Å². The van der Waals surface area contributed by atoms with Gasteiger partial charge in [0.1, 0.15) is 5.69 Å². The number of nitrogens with one attached hydrogen (secondary N) is 1. The molecule has 0 saturated carbocycles. The summed E-state index contributed by atoms with van der Waals surface area (Å²) in [5.41, 5.74) is 2.41. The second-order valence-electron chi connectivity index (χ2n) is 3.20. The lowest BCUT2D eigenvalue weighted by Crippen LogP contribution is -1.85. The molecule has 0 radical (unpaired) electrons. The van der Waals surface area contributed by atoms with Crippen LogP contribution in [0.4, 0.5) is 4.39 Å². The van der Waals surface area contributed by atoms with Crippen LogP contribution < -0.4 is 0 Å². The Morgan fingerprint density at radius 1 is 1.36 bits per heavy atom. The van der Waals surface area contributed by atoms with E-state index in [-0.39, 0.29) is 5.82 Å². The normalized spacial score (nSPS) is 10.5. The van der Waals surface area contributed by atoms with Gasteiger partial charge in [-0.05, 0) is 26.0 Å². The molecule has 0 spiro atoms. The number of hydrogen-bond donors (Lipinski definition) is 1. The van der Waals surface area contributed by atoms with Gasteiger partial charge in [0.15, 0.2) is 5.82 Å². The first kappa shape index (κ1) is 8.87. The number of H-pyrrole nitrogens is 1. The van der Waals surface area contributed by atoms with E-state index in [4.69, 9.17) is 0 Å². The van der Waals surface area contributed by atoms with Crippen molar-refractivity contribution in [1.82, 2.24) is 15.2 Å². The summed E-state index contributed by atoms with van der Waals surface area (Å²) in [6, 6.07) is 3.55. The van der Waals surface area contributed by atoms with Gasteiger partial charge in [-0.15, -0.1) is 0 Å². The predicted molar refractivity (Wildman–Crippen MR) is 51.3 cm³/mol. The van der Waals surface area contributed by atoms with Gasteiger partial charge in [0.05, 0.1) is 5.69 Å². The van der Waals surface area contributed by atoms with Crippen LogP contribution in [0.2, 0.25) is 0 Å². The topological polar surface area (TPSA) is 41.6 Å². The molecule has 0 amide bonds.